The quantitative estimate of drug-likeness (QED) is 0.500. The number of sulfone groups is 1. The van der Waals surface area contributed by atoms with E-state index in [9.17, 15) is 8.42 Å². The Labute approximate surface area is 154 Å². The average molecular weight is 382 g/mol. The molecule has 136 valence electrons. The number of aromatic nitrogens is 4. The van der Waals surface area contributed by atoms with E-state index >= 15 is 0 Å². The summed E-state index contributed by atoms with van der Waals surface area (Å²) >= 11 is 0. The Morgan fingerprint density at radius 3 is 1.44 bits per heavy atom. The second-order valence-corrected chi connectivity index (χ2v) is 7.83. The normalized spacial score (nSPS) is 11.6. The summed E-state index contributed by atoms with van der Waals surface area (Å²) in [5, 5.41) is 15.4. The van der Waals surface area contributed by atoms with Gasteiger partial charge in [0.05, 0.1) is 0 Å². The predicted molar refractivity (Wildman–Crippen MR) is 95.8 cm³/mol. The highest BCUT2D eigenvalue weighted by molar-refractivity contribution is 7.89. The maximum absolute atomic E-state index is 12.4. The molecule has 0 atom stereocenters. The van der Waals surface area contributed by atoms with Crippen molar-refractivity contribution in [2.24, 2.45) is 0 Å². The molecule has 0 amide bonds. The summed E-state index contributed by atoms with van der Waals surface area (Å²) in [7, 11) is -3.62. The third-order valence-electron chi connectivity index (χ3n) is 3.66. The Hall–Kier alpha value is -3.33. The molecule has 4 rings (SSSR count). The van der Waals surface area contributed by atoms with Gasteiger partial charge in [0.2, 0.25) is 23.6 Å². The maximum atomic E-state index is 12.4. The molecule has 2 aromatic carbocycles. The summed E-state index contributed by atoms with van der Waals surface area (Å²) in [6.07, 6.45) is 0. The topological polar surface area (TPSA) is 112 Å². The van der Waals surface area contributed by atoms with Crippen molar-refractivity contribution in [1.82, 2.24) is 20.4 Å². The molecule has 0 N–H and O–H groups in total. The Kier molecular flexibility index (Phi) is 4.51. The number of benzene rings is 2. The van der Waals surface area contributed by atoms with E-state index in [4.69, 9.17) is 8.83 Å². The molecule has 0 radical (unpaired) electrons. The minimum atomic E-state index is -3.62. The highest BCUT2D eigenvalue weighted by Gasteiger charge is 2.22. The van der Waals surface area contributed by atoms with Crippen LogP contribution in [0.5, 0.6) is 0 Å². The van der Waals surface area contributed by atoms with Crippen LogP contribution in [-0.2, 0) is 21.3 Å². The number of rotatable bonds is 6. The van der Waals surface area contributed by atoms with Crippen LogP contribution in [0.2, 0.25) is 0 Å². The predicted octanol–water partition coefficient (Wildman–Crippen LogP) is 2.90. The molecule has 0 spiro atoms. The molecular formula is C18H14N4O4S. The highest BCUT2D eigenvalue weighted by atomic mass is 32.2. The van der Waals surface area contributed by atoms with Crippen LogP contribution in [0.3, 0.4) is 0 Å². The van der Waals surface area contributed by atoms with E-state index in [0.717, 1.165) is 11.1 Å². The van der Waals surface area contributed by atoms with Gasteiger partial charge in [-0.15, -0.1) is 20.4 Å². The molecule has 0 aliphatic rings. The first-order valence-electron chi connectivity index (χ1n) is 8.05. The summed E-state index contributed by atoms with van der Waals surface area (Å²) in [5.41, 5.74) is 1.44. The van der Waals surface area contributed by atoms with Crippen LogP contribution >= 0.6 is 0 Å². The van der Waals surface area contributed by atoms with Gasteiger partial charge in [0.25, 0.3) is 0 Å². The van der Waals surface area contributed by atoms with Gasteiger partial charge in [0, 0.05) is 11.1 Å². The second kappa shape index (κ2) is 7.12. The van der Waals surface area contributed by atoms with Crippen LogP contribution < -0.4 is 0 Å². The molecule has 27 heavy (non-hydrogen) atoms. The third-order valence-corrected chi connectivity index (χ3v) is 5.04. The summed E-state index contributed by atoms with van der Waals surface area (Å²) < 4.78 is 35.7. The van der Waals surface area contributed by atoms with Gasteiger partial charge in [-0.25, -0.2) is 8.42 Å². The summed E-state index contributed by atoms with van der Waals surface area (Å²) in [6, 6.07) is 18.2. The SMILES string of the molecule is O=S(=O)(Cc1nnc(-c2ccccc2)o1)Cc1nnc(-c2ccccc2)o1. The molecular weight excluding hydrogens is 368 g/mol. The van der Waals surface area contributed by atoms with Crippen LogP contribution in [-0.4, -0.2) is 28.8 Å². The number of hydrogen-bond donors (Lipinski definition) is 0. The van der Waals surface area contributed by atoms with E-state index < -0.39 is 21.3 Å². The van der Waals surface area contributed by atoms with Gasteiger partial charge in [-0.1, -0.05) is 36.4 Å². The lowest BCUT2D eigenvalue weighted by Crippen LogP contribution is -2.08. The molecule has 0 saturated heterocycles. The van der Waals surface area contributed by atoms with Crippen molar-refractivity contribution < 1.29 is 17.3 Å². The van der Waals surface area contributed by atoms with Crippen LogP contribution in [0.4, 0.5) is 0 Å². The van der Waals surface area contributed by atoms with Gasteiger partial charge >= 0.3 is 0 Å². The monoisotopic (exact) mass is 382 g/mol. The summed E-state index contributed by atoms with van der Waals surface area (Å²) in [4.78, 5) is 0. The molecule has 0 unspecified atom stereocenters. The van der Waals surface area contributed by atoms with Gasteiger partial charge in [0.15, 0.2) is 9.84 Å². The molecule has 0 aliphatic heterocycles. The van der Waals surface area contributed by atoms with Crippen molar-refractivity contribution in [3.63, 3.8) is 0 Å². The third kappa shape index (κ3) is 4.09. The summed E-state index contributed by atoms with van der Waals surface area (Å²) in [5.74, 6) is -0.255. The lowest BCUT2D eigenvalue weighted by Gasteiger charge is -1.97. The fraction of sp³-hybridized carbons (Fsp3) is 0.111. The first kappa shape index (κ1) is 17.1. The summed E-state index contributed by atoms with van der Waals surface area (Å²) in [6.45, 7) is 0. The molecule has 8 nitrogen and oxygen atoms in total. The Balaban J connectivity index is 1.47. The van der Waals surface area contributed by atoms with Crippen molar-refractivity contribution in [2.75, 3.05) is 0 Å². The average Bonchev–Trinajstić information content (AvgIpc) is 3.32. The van der Waals surface area contributed by atoms with Crippen LogP contribution in [0, 0.1) is 0 Å². The first-order chi connectivity index (χ1) is 13.1. The van der Waals surface area contributed by atoms with Gasteiger partial charge in [-0.2, -0.15) is 0 Å². The second-order valence-electron chi connectivity index (χ2n) is 5.77. The molecule has 0 fully saturated rings. The Bertz CT molecular complexity index is 1050. The van der Waals surface area contributed by atoms with E-state index in [1.54, 1.807) is 24.3 Å². The Morgan fingerprint density at radius 2 is 1.04 bits per heavy atom. The van der Waals surface area contributed by atoms with E-state index in [2.05, 4.69) is 20.4 Å². The highest BCUT2D eigenvalue weighted by Crippen LogP contribution is 2.21. The Morgan fingerprint density at radius 1 is 0.630 bits per heavy atom. The van der Waals surface area contributed by atoms with Gasteiger partial charge in [-0.05, 0) is 24.3 Å². The van der Waals surface area contributed by atoms with E-state index in [1.807, 2.05) is 36.4 Å². The molecule has 2 aromatic heterocycles. The maximum Gasteiger partial charge on any atom is 0.247 e. The number of hydrogen-bond acceptors (Lipinski definition) is 8. The smallest absolute Gasteiger partial charge is 0.247 e. The zero-order valence-corrected chi connectivity index (χ0v) is 14.8. The van der Waals surface area contributed by atoms with E-state index in [-0.39, 0.29) is 23.6 Å². The molecule has 4 aromatic rings. The van der Waals surface area contributed by atoms with Crippen molar-refractivity contribution >= 4 is 9.84 Å². The zero-order chi connectivity index (χ0) is 18.7. The number of nitrogens with zero attached hydrogens (tertiary/aromatic N) is 4. The van der Waals surface area contributed by atoms with E-state index in [0.29, 0.717) is 0 Å². The van der Waals surface area contributed by atoms with Crippen molar-refractivity contribution in [3.05, 3.63) is 72.4 Å². The molecule has 9 heteroatoms. The lowest BCUT2D eigenvalue weighted by molar-refractivity contribution is 0.506. The van der Waals surface area contributed by atoms with Crippen molar-refractivity contribution in [1.29, 1.82) is 0 Å². The molecule has 0 bridgehead atoms. The molecule has 0 aliphatic carbocycles. The standard InChI is InChI=1S/C18H14N4O4S/c23-27(24,11-15-19-21-17(25-15)13-7-3-1-4-8-13)12-16-20-22-18(26-16)14-9-5-2-6-10-14/h1-10H,11-12H2. The van der Waals surface area contributed by atoms with Gasteiger partial charge < -0.3 is 8.83 Å². The van der Waals surface area contributed by atoms with Crippen LogP contribution in [0.25, 0.3) is 22.9 Å². The van der Waals surface area contributed by atoms with Crippen molar-refractivity contribution in [3.8, 4) is 22.9 Å². The molecule has 2 heterocycles. The van der Waals surface area contributed by atoms with Gasteiger partial charge in [-0.3, -0.25) is 0 Å². The first-order valence-corrected chi connectivity index (χ1v) is 9.87. The zero-order valence-electron chi connectivity index (χ0n) is 14.0. The minimum absolute atomic E-state index is 0.0108. The largest absolute Gasteiger partial charge is 0.420 e. The lowest BCUT2D eigenvalue weighted by atomic mass is 10.2. The fourth-order valence-electron chi connectivity index (χ4n) is 2.45. The van der Waals surface area contributed by atoms with Gasteiger partial charge in [0.1, 0.15) is 11.5 Å². The van der Waals surface area contributed by atoms with Crippen LogP contribution in [0.1, 0.15) is 11.8 Å². The minimum Gasteiger partial charge on any atom is -0.420 e. The van der Waals surface area contributed by atoms with Crippen molar-refractivity contribution in [2.45, 2.75) is 11.5 Å². The fourth-order valence-corrected chi connectivity index (χ4v) is 3.53. The molecule has 0 saturated carbocycles. The van der Waals surface area contributed by atoms with E-state index in [1.165, 1.54) is 0 Å². The van der Waals surface area contributed by atoms with Crippen LogP contribution in [0.15, 0.2) is 69.5 Å².